The van der Waals surface area contributed by atoms with Gasteiger partial charge in [0.2, 0.25) is 5.91 Å². The fourth-order valence-corrected chi connectivity index (χ4v) is 3.75. The number of hydrogen-bond acceptors (Lipinski definition) is 3. The van der Waals surface area contributed by atoms with Crippen molar-refractivity contribution in [3.63, 3.8) is 0 Å². The first-order chi connectivity index (χ1) is 10.1. The summed E-state index contributed by atoms with van der Waals surface area (Å²) in [4.78, 5) is 19.3. The fraction of sp³-hybridized carbons (Fsp3) is 0.647. The number of amides is 1. The Morgan fingerprint density at radius 2 is 2.29 bits per heavy atom. The number of hydrogen-bond donors (Lipinski definition) is 1. The maximum Gasteiger partial charge on any atom is 0.240 e. The van der Waals surface area contributed by atoms with Gasteiger partial charge in [-0.15, -0.1) is 0 Å². The molecule has 2 aliphatic heterocycles. The number of rotatable bonds is 2. The van der Waals surface area contributed by atoms with Crippen LogP contribution in [0, 0.1) is 5.41 Å². The third kappa shape index (κ3) is 2.82. The molecule has 1 aromatic heterocycles. The van der Waals surface area contributed by atoms with Crippen LogP contribution in [0.5, 0.6) is 0 Å². The summed E-state index contributed by atoms with van der Waals surface area (Å²) >= 11 is 0. The Morgan fingerprint density at radius 3 is 3.00 bits per heavy atom. The zero-order valence-corrected chi connectivity index (χ0v) is 13.0. The largest absolute Gasteiger partial charge is 0.334 e. The smallest absolute Gasteiger partial charge is 0.240 e. The lowest BCUT2D eigenvalue weighted by Gasteiger charge is -2.41. The number of aromatic nitrogens is 1. The van der Waals surface area contributed by atoms with Gasteiger partial charge in [-0.1, -0.05) is 19.9 Å². The molecule has 4 heteroatoms. The molecule has 114 valence electrons. The Bertz CT molecular complexity index is 500. The zero-order valence-electron chi connectivity index (χ0n) is 13.0. The van der Waals surface area contributed by atoms with Crippen LogP contribution in [0.2, 0.25) is 0 Å². The van der Waals surface area contributed by atoms with E-state index in [4.69, 9.17) is 0 Å². The first kappa shape index (κ1) is 14.5. The van der Waals surface area contributed by atoms with Crippen molar-refractivity contribution in [2.24, 2.45) is 5.41 Å². The fourth-order valence-electron chi connectivity index (χ4n) is 3.75. The monoisotopic (exact) mass is 287 g/mol. The number of carbonyl (C=O) groups is 1. The topological polar surface area (TPSA) is 45.2 Å². The normalized spacial score (nSPS) is 28.6. The van der Waals surface area contributed by atoms with Crippen molar-refractivity contribution in [2.75, 3.05) is 13.1 Å². The second-order valence-corrected chi connectivity index (χ2v) is 6.96. The van der Waals surface area contributed by atoms with Crippen molar-refractivity contribution < 1.29 is 4.79 Å². The van der Waals surface area contributed by atoms with Gasteiger partial charge in [0.25, 0.3) is 0 Å². The number of likely N-dealkylation sites (tertiary alicyclic amines) is 1. The molecule has 1 amide bonds. The molecule has 0 saturated carbocycles. The predicted molar refractivity (Wildman–Crippen MR) is 82.7 cm³/mol. The molecule has 0 bridgehead atoms. The van der Waals surface area contributed by atoms with E-state index in [1.807, 2.05) is 12.3 Å². The van der Waals surface area contributed by atoms with Gasteiger partial charge in [0.05, 0.1) is 12.1 Å². The van der Waals surface area contributed by atoms with Crippen molar-refractivity contribution in [3.05, 3.63) is 30.1 Å². The average molecular weight is 287 g/mol. The second-order valence-electron chi connectivity index (χ2n) is 6.96. The van der Waals surface area contributed by atoms with E-state index in [-0.39, 0.29) is 23.4 Å². The lowest BCUT2D eigenvalue weighted by molar-refractivity contribution is -0.138. The molecule has 2 unspecified atom stereocenters. The summed E-state index contributed by atoms with van der Waals surface area (Å²) < 4.78 is 0. The van der Waals surface area contributed by atoms with Gasteiger partial charge >= 0.3 is 0 Å². The van der Waals surface area contributed by atoms with Crippen LogP contribution in [0.25, 0.3) is 0 Å². The van der Waals surface area contributed by atoms with E-state index >= 15 is 0 Å². The highest BCUT2D eigenvalue weighted by atomic mass is 16.2. The molecule has 21 heavy (non-hydrogen) atoms. The minimum atomic E-state index is -0.0523. The molecule has 2 fully saturated rings. The van der Waals surface area contributed by atoms with E-state index in [0.717, 1.165) is 44.3 Å². The van der Waals surface area contributed by atoms with Gasteiger partial charge in [-0.3, -0.25) is 9.78 Å². The standard InChI is InChI=1S/C17H25N3O/c1-17(2)8-5-10-19-15(17)16(21)20-11-4-7-14(20)13-6-3-9-18-12-13/h3,6,9,12,14-15,19H,4-5,7-8,10-11H2,1-2H3. The Labute approximate surface area is 126 Å². The van der Waals surface area contributed by atoms with Crippen LogP contribution in [0.4, 0.5) is 0 Å². The minimum Gasteiger partial charge on any atom is -0.334 e. The summed E-state index contributed by atoms with van der Waals surface area (Å²) in [7, 11) is 0. The molecule has 3 heterocycles. The quantitative estimate of drug-likeness (QED) is 0.909. The molecular weight excluding hydrogens is 262 g/mol. The summed E-state index contributed by atoms with van der Waals surface area (Å²) in [6, 6.07) is 4.19. The zero-order chi connectivity index (χ0) is 14.9. The highest BCUT2D eigenvalue weighted by molar-refractivity contribution is 5.83. The summed E-state index contributed by atoms with van der Waals surface area (Å²) in [6.07, 6.45) is 8.08. The number of pyridine rings is 1. The van der Waals surface area contributed by atoms with Gasteiger partial charge in [-0.05, 0) is 49.3 Å². The Morgan fingerprint density at radius 1 is 1.43 bits per heavy atom. The van der Waals surface area contributed by atoms with Crippen LogP contribution in [-0.4, -0.2) is 34.9 Å². The van der Waals surface area contributed by atoms with Gasteiger partial charge in [-0.25, -0.2) is 0 Å². The third-order valence-corrected chi connectivity index (χ3v) is 4.98. The summed E-state index contributed by atoms with van der Waals surface area (Å²) in [5.74, 6) is 0.269. The van der Waals surface area contributed by atoms with E-state index in [1.165, 1.54) is 0 Å². The molecule has 1 N–H and O–H groups in total. The molecule has 1 aromatic rings. The molecule has 0 spiro atoms. The molecule has 2 atom stereocenters. The summed E-state index contributed by atoms with van der Waals surface area (Å²) in [5.41, 5.74) is 1.20. The summed E-state index contributed by atoms with van der Waals surface area (Å²) in [5, 5.41) is 3.45. The van der Waals surface area contributed by atoms with Crippen LogP contribution in [0.15, 0.2) is 24.5 Å². The van der Waals surface area contributed by atoms with Crippen molar-refractivity contribution in [1.82, 2.24) is 15.2 Å². The van der Waals surface area contributed by atoms with E-state index in [0.29, 0.717) is 0 Å². The van der Waals surface area contributed by atoms with Crippen molar-refractivity contribution in [1.29, 1.82) is 0 Å². The molecule has 0 radical (unpaired) electrons. The number of piperidine rings is 1. The maximum absolute atomic E-state index is 13.0. The van der Waals surface area contributed by atoms with E-state index in [2.05, 4.69) is 35.1 Å². The van der Waals surface area contributed by atoms with Crippen molar-refractivity contribution in [3.8, 4) is 0 Å². The average Bonchev–Trinajstić information content (AvgIpc) is 2.96. The number of nitrogens with one attached hydrogen (secondary N) is 1. The number of carbonyl (C=O) groups excluding carboxylic acids is 1. The summed E-state index contributed by atoms with van der Waals surface area (Å²) in [6.45, 7) is 6.23. The molecule has 4 nitrogen and oxygen atoms in total. The predicted octanol–water partition coefficient (Wildman–Crippen LogP) is 2.52. The van der Waals surface area contributed by atoms with Crippen LogP contribution >= 0.6 is 0 Å². The highest BCUT2D eigenvalue weighted by Crippen LogP contribution is 2.36. The van der Waals surface area contributed by atoms with Gasteiger partial charge in [0.1, 0.15) is 0 Å². The highest BCUT2D eigenvalue weighted by Gasteiger charge is 2.42. The van der Waals surface area contributed by atoms with E-state index in [1.54, 1.807) is 6.20 Å². The Balaban J connectivity index is 1.80. The second kappa shape index (κ2) is 5.76. The van der Waals surface area contributed by atoms with Crippen LogP contribution in [0.1, 0.15) is 51.1 Å². The van der Waals surface area contributed by atoms with Crippen LogP contribution < -0.4 is 5.32 Å². The lowest BCUT2D eigenvalue weighted by Crippen LogP contribution is -2.56. The van der Waals surface area contributed by atoms with Crippen molar-refractivity contribution >= 4 is 5.91 Å². The Kier molecular flexibility index (Phi) is 3.98. The Hall–Kier alpha value is -1.42. The lowest BCUT2D eigenvalue weighted by atomic mass is 9.77. The van der Waals surface area contributed by atoms with Gasteiger partial charge in [-0.2, -0.15) is 0 Å². The van der Waals surface area contributed by atoms with Crippen LogP contribution in [-0.2, 0) is 4.79 Å². The molecule has 0 aliphatic carbocycles. The molecule has 0 aromatic carbocycles. The molecule has 3 rings (SSSR count). The molecule has 2 saturated heterocycles. The van der Waals surface area contributed by atoms with Gasteiger partial charge in [0.15, 0.2) is 0 Å². The first-order valence-corrected chi connectivity index (χ1v) is 8.03. The molecule has 2 aliphatic rings. The first-order valence-electron chi connectivity index (χ1n) is 8.03. The SMILES string of the molecule is CC1(C)CCCNC1C(=O)N1CCCC1c1cccnc1. The minimum absolute atomic E-state index is 0.0391. The number of nitrogens with zero attached hydrogens (tertiary/aromatic N) is 2. The third-order valence-electron chi connectivity index (χ3n) is 4.98. The van der Waals surface area contributed by atoms with Crippen molar-refractivity contribution in [2.45, 2.75) is 51.6 Å². The van der Waals surface area contributed by atoms with Gasteiger partial charge in [0, 0.05) is 18.9 Å². The van der Waals surface area contributed by atoms with Gasteiger partial charge < -0.3 is 10.2 Å². The van der Waals surface area contributed by atoms with E-state index in [9.17, 15) is 4.79 Å². The maximum atomic E-state index is 13.0. The van der Waals surface area contributed by atoms with Crippen LogP contribution in [0.3, 0.4) is 0 Å². The van der Waals surface area contributed by atoms with E-state index < -0.39 is 0 Å². The molecular formula is C17H25N3O.